The number of aromatic nitrogens is 1. The van der Waals surface area contributed by atoms with E-state index < -0.39 is 5.97 Å². The lowest BCUT2D eigenvalue weighted by Gasteiger charge is -2.11. The van der Waals surface area contributed by atoms with E-state index in [1.54, 1.807) is 11.3 Å². The highest BCUT2D eigenvalue weighted by Gasteiger charge is 2.30. The quantitative estimate of drug-likeness (QED) is 0.811. The van der Waals surface area contributed by atoms with Crippen LogP contribution >= 0.6 is 27.3 Å². The first-order chi connectivity index (χ1) is 11.0. The minimum atomic E-state index is -0.762. The van der Waals surface area contributed by atoms with E-state index in [2.05, 4.69) is 26.2 Å². The summed E-state index contributed by atoms with van der Waals surface area (Å²) in [4.78, 5) is 27.5. The van der Waals surface area contributed by atoms with Gasteiger partial charge in [-0.15, -0.1) is 11.3 Å². The van der Waals surface area contributed by atoms with Crippen molar-refractivity contribution < 1.29 is 14.7 Å². The molecule has 1 saturated carbocycles. The first kappa shape index (κ1) is 16.4. The number of benzene rings is 1. The van der Waals surface area contributed by atoms with Crippen LogP contribution in [0.1, 0.15) is 30.7 Å². The van der Waals surface area contributed by atoms with E-state index in [9.17, 15) is 9.59 Å². The predicted octanol–water partition coefficient (Wildman–Crippen LogP) is 3.36. The van der Waals surface area contributed by atoms with Crippen molar-refractivity contribution in [2.24, 2.45) is 5.92 Å². The van der Waals surface area contributed by atoms with Crippen LogP contribution in [0.25, 0.3) is 10.2 Å². The number of hydrogen-bond donors (Lipinski definition) is 2. The Morgan fingerprint density at radius 2 is 2.22 bits per heavy atom. The second-order valence-corrected chi connectivity index (χ2v) is 7.86. The van der Waals surface area contributed by atoms with Gasteiger partial charge in [-0.2, -0.15) is 0 Å². The Hall–Kier alpha value is -1.47. The number of fused-ring (bicyclic) bond motifs is 1. The molecular weight excluding hydrogens is 380 g/mol. The topological polar surface area (TPSA) is 79.3 Å². The zero-order valence-electron chi connectivity index (χ0n) is 12.4. The Bertz CT molecular complexity index is 746. The predicted molar refractivity (Wildman–Crippen MR) is 92.5 cm³/mol. The summed E-state index contributed by atoms with van der Waals surface area (Å²) < 4.78 is 2.11. The first-order valence-electron chi connectivity index (χ1n) is 7.58. The van der Waals surface area contributed by atoms with Gasteiger partial charge in [0, 0.05) is 23.4 Å². The van der Waals surface area contributed by atoms with Crippen LogP contribution in [-0.4, -0.2) is 28.0 Å². The molecule has 2 N–H and O–H groups in total. The number of carboxylic acid groups (broad SMARTS) is 1. The van der Waals surface area contributed by atoms with Crippen molar-refractivity contribution in [1.29, 1.82) is 0 Å². The standard InChI is InChI=1S/C16H17BrN2O3S/c17-10-2-4-13-12(8-10)19-15(23-13)6-5-14(20)18-11-3-1-9(7-11)16(21)22/h2,4,8-9,11H,1,3,5-7H2,(H,18,20)(H,21,22)/t9-,11+/m1/s1. The SMILES string of the molecule is O=C(CCc1nc2cc(Br)ccc2s1)N[C@H]1CC[C@@H](C(=O)O)C1. The molecule has 122 valence electrons. The monoisotopic (exact) mass is 396 g/mol. The molecule has 0 aliphatic heterocycles. The van der Waals surface area contributed by atoms with Gasteiger partial charge in [-0.25, -0.2) is 4.98 Å². The summed E-state index contributed by atoms with van der Waals surface area (Å²) in [5, 5.41) is 12.9. The Morgan fingerprint density at radius 3 is 2.96 bits per heavy atom. The van der Waals surface area contributed by atoms with E-state index in [-0.39, 0.29) is 17.9 Å². The molecule has 0 radical (unpaired) electrons. The smallest absolute Gasteiger partial charge is 0.306 e. The van der Waals surface area contributed by atoms with Crippen molar-refractivity contribution in [2.75, 3.05) is 0 Å². The number of rotatable bonds is 5. The fraction of sp³-hybridized carbons (Fsp3) is 0.438. The summed E-state index contributed by atoms with van der Waals surface area (Å²) in [5.74, 6) is -1.10. The molecule has 0 saturated heterocycles. The van der Waals surface area contributed by atoms with Gasteiger partial charge >= 0.3 is 5.97 Å². The highest BCUT2D eigenvalue weighted by atomic mass is 79.9. The number of aliphatic carboxylic acids is 1. The van der Waals surface area contributed by atoms with E-state index in [1.807, 2.05) is 18.2 Å². The van der Waals surface area contributed by atoms with Gasteiger partial charge in [0.2, 0.25) is 5.91 Å². The zero-order chi connectivity index (χ0) is 16.4. The van der Waals surface area contributed by atoms with Crippen molar-refractivity contribution in [3.63, 3.8) is 0 Å². The van der Waals surface area contributed by atoms with Crippen molar-refractivity contribution in [2.45, 2.75) is 38.1 Å². The lowest BCUT2D eigenvalue weighted by Crippen LogP contribution is -2.33. The van der Waals surface area contributed by atoms with Gasteiger partial charge in [0.25, 0.3) is 0 Å². The zero-order valence-corrected chi connectivity index (χ0v) is 14.8. The van der Waals surface area contributed by atoms with E-state index >= 15 is 0 Å². The number of thiazole rings is 1. The van der Waals surface area contributed by atoms with Gasteiger partial charge < -0.3 is 10.4 Å². The Balaban J connectivity index is 1.51. The van der Waals surface area contributed by atoms with Crippen LogP contribution in [-0.2, 0) is 16.0 Å². The van der Waals surface area contributed by atoms with Crippen LogP contribution in [0.15, 0.2) is 22.7 Å². The number of carbonyl (C=O) groups excluding carboxylic acids is 1. The molecule has 7 heteroatoms. The Labute approximate surface area is 146 Å². The molecule has 2 aromatic rings. The van der Waals surface area contributed by atoms with Crippen molar-refractivity contribution in [3.05, 3.63) is 27.7 Å². The van der Waals surface area contributed by atoms with Gasteiger partial charge in [0.15, 0.2) is 0 Å². The normalized spacial score (nSPS) is 20.7. The first-order valence-corrected chi connectivity index (χ1v) is 9.19. The average Bonchev–Trinajstić information content (AvgIpc) is 3.11. The molecule has 3 rings (SSSR count). The molecule has 23 heavy (non-hydrogen) atoms. The highest BCUT2D eigenvalue weighted by Crippen LogP contribution is 2.27. The molecule has 1 aliphatic rings. The molecule has 1 aromatic carbocycles. The minimum Gasteiger partial charge on any atom is -0.481 e. The Kier molecular flexibility index (Phi) is 4.96. The molecule has 2 atom stereocenters. The fourth-order valence-corrected chi connectivity index (χ4v) is 4.21. The summed E-state index contributed by atoms with van der Waals surface area (Å²) in [6, 6.07) is 5.97. The molecule has 1 aromatic heterocycles. The number of aryl methyl sites for hydroxylation is 1. The van der Waals surface area contributed by atoms with Crippen LogP contribution in [0, 0.1) is 5.92 Å². The third-order valence-corrected chi connectivity index (χ3v) is 5.70. The maximum Gasteiger partial charge on any atom is 0.306 e. The largest absolute Gasteiger partial charge is 0.481 e. The molecule has 0 spiro atoms. The Morgan fingerprint density at radius 1 is 1.39 bits per heavy atom. The average molecular weight is 397 g/mol. The molecule has 0 bridgehead atoms. The molecule has 0 unspecified atom stereocenters. The fourth-order valence-electron chi connectivity index (χ4n) is 2.91. The van der Waals surface area contributed by atoms with Crippen molar-refractivity contribution in [1.82, 2.24) is 10.3 Å². The third-order valence-electron chi connectivity index (χ3n) is 4.11. The molecule has 1 aliphatic carbocycles. The van der Waals surface area contributed by atoms with Crippen LogP contribution in [0.2, 0.25) is 0 Å². The molecule has 1 heterocycles. The minimum absolute atomic E-state index is 0.00470. The summed E-state index contributed by atoms with van der Waals surface area (Å²) in [5.41, 5.74) is 0.944. The molecule has 5 nitrogen and oxygen atoms in total. The number of amides is 1. The van der Waals surface area contributed by atoms with Gasteiger partial charge in [0.1, 0.15) is 0 Å². The lowest BCUT2D eigenvalue weighted by atomic mass is 10.1. The van der Waals surface area contributed by atoms with Crippen LogP contribution in [0.4, 0.5) is 0 Å². The van der Waals surface area contributed by atoms with Gasteiger partial charge in [0.05, 0.1) is 21.1 Å². The molecular formula is C16H17BrN2O3S. The third kappa shape index (κ3) is 4.09. The molecule has 1 fully saturated rings. The second-order valence-electron chi connectivity index (χ2n) is 5.83. The summed E-state index contributed by atoms with van der Waals surface area (Å²) in [6.07, 6.45) is 2.92. The number of carboxylic acids is 1. The number of hydrogen-bond acceptors (Lipinski definition) is 4. The summed E-state index contributed by atoms with van der Waals surface area (Å²) in [7, 11) is 0. The maximum absolute atomic E-state index is 12.0. The van der Waals surface area contributed by atoms with Crippen molar-refractivity contribution >= 4 is 49.4 Å². The maximum atomic E-state index is 12.0. The summed E-state index contributed by atoms with van der Waals surface area (Å²) in [6.45, 7) is 0. The van der Waals surface area contributed by atoms with Crippen LogP contribution in [0.5, 0.6) is 0 Å². The second kappa shape index (κ2) is 6.97. The van der Waals surface area contributed by atoms with Crippen LogP contribution in [0.3, 0.4) is 0 Å². The van der Waals surface area contributed by atoms with Crippen molar-refractivity contribution in [3.8, 4) is 0 Å². The number of halogens is 1. The lowest BCUT2D eigenvalue weighted by molar-refractivity contribution is -0.141. The number of nitrogens with zero attached hydrogens (tertiary/aromatic N) is 1. The summed E-state index contributed by atoms with van der Waals surface area (Å²) >= 11 is 5.03. The number of nitrogens with one attached hydrogen (secondary N) is 1. The van der Waals surface area contributed by atoms with E-state index in [1.165, 1.54) is 0 Å². The van der Waals surface area contributed by atoms with E-state index in [4.69, 9.17) is 5.11 Å². The number of carbonyl (C=O) groups is 2. The van der Waals surface area contributed by atoms with Gasteiger partial charge in [-0.05, 0) is 37.5 Å². The molecule has 1 amide bonds. The van der Waals surface area contributed by atoms with E-state index in [0.29, 0.717) is 25.7 Å². The van der Waals surface area contributed by atoms with Gasteiger partial charge in [-0.3, -0.25) is 9.59 Å². The highest BCUT2D eigenvalue weighted by molar-refractivity contribution is 9.10. The van der Waals surface area contributed by atoms with Crippen LogP contribution < -0.4 is 5.32 Å². The van der Waals surface area contributed by atoms with Gasteiger partial charge in [-0.1, -0.05) is 15.9 Å². The van der Waals surface area contributed by atoms with E-state index in [0.717, 1.165) is 26.1 Å².